The van der Waals surface area contributed by atoms with Gasteiger partial charge in [-0.15, -0.1) is 0 Å². The minimum Gasteiger partial charge on any atom is -0.466 e. The van der Waals surface area contributed by atoms with Gasteiger partial charge in [0.1, 0.15) is 5.69 Å². The zero-order chi connectivity index (χ0) is 13.7. The number of carbonyl (C=O) groups is 1. The molecule has 0 fully saturated rings. The highest BCUT2D eigenvalue weighted by atomic mass is 79.9. The Bertz CT molecular complexity index is 441. The second-order valence-electron chi connectivity index (χ2n) is 3.46. The van der Waals surface area contributed by atoms with Gasteiger partial charge in [0.05, 0.1) is 18.7 Å². The fourth-order valence-electron chi connectivity index (χ4n) is 1.41. The summed E-state index contributed by atoms with van der Waals surface area (Å²) >= 11 is 3.03. The highest BCUT2D eigenvalue weighted by Crippen LogP contribution is 2.29. The average molecular weight is 323 g/mol. The van der Waals surface area contributed by atoms with Gasteiger partial charge in [-0.05, 0) is 34.5 Å². The van der Waals surface area contributed by atoms with Crippen molar-refractivity contribution in [1.29, 1.82) is 0 Å². The lowest BCUT2D eigenvalue weighted by Crippen LogP contribution is -2.11. The molecule has 0 aliphatic heterocycles. The molecule has 0 radical (unpaired) electrons. The van der Waals surface area contributed by atoms with Gasteiger partial charge >= 0.3 is 5.97 Å². The number of nitrogens with two attached hydrogens (primary N) is 1. The van der Waals surface area contributed by atoms with E-state index < -0.39 is 18.1 Å². The molecule has 18 heavy (non-hydrogen) atoms. The van der Waals surface area contributed by atoms with Crippen LogP contribution < -0.4 is 5.73 Å². The molecule has 2 N–H and O–H groups in total. The Balaban J connectivity index is 3.09. The Morgan fingerprint density at radius 2 is 2.28 bits per heavy atom. The van der Waals surface area contributed by atoms with Gasteiger partial charge in [-0.25, -0.2) is 13.8 Å². The first-order valence-electron chi connectivity index (χ1n) is 5.31. The molecular formula is C11H13BrF2N2O2. The van der Waals surface area contributed by atoms with E-state index in [4.69, 9.17) is 10.5 Å². The number of halogens is 3. The molecule has 1 rings (SSSR count). The van der Waals surface area contributed by atoms with Gasteiger partial charge in [0.25, 0.3) is 6.43 Å². The molecule has 1 aromatic rings. The number of aromatic nitrogens is 1. The number of pyridine rings is 1. The first-order chi connectivity index (χ1) is 8.49. The molecule has 100 valence electrons. The number of carbonyl (C=O) groups excluding carboxylic acids is 1. The van der Waals surface area contributed by atoms with E-state index in [0.29, 0.717) is 11.3 Å². The lowest BCUT2D eigenvalue weighted by Gasteiger charge is -2.11. The highest BCUT2D eigenvalue weighted by molar-refractivity contribution is 9.10. The minimum absolute atomic E-state index is 0.0306. The van der Waals surface area contributed by atoms with Gasteiger partial charge in [0, 0.05) is 11.0 Å². The van der Waals surface area contributed by atoms with Gasteiger partial charge in [-0.1, -0.05) is 0 Å². The van der Waals surface area contributed by atoms with E-state index in [1.54, 1.807) is 6.92 Å². The molecule has 1 heterocycles. The van der Waals surface area contributed by atoms with Crippen molar-refractivity contribution >= 4 is 21.9 Å². The summed E-state index contributed by atoms with van der Waals surface area (Å²) < 4.78 is 30.4. The highest BCUT2D eigenvalue weighted by Gasteiger charge is 2.19. The molecule has 0 aliphatic carbocycles. The number of alkyl halides is 2. The molecule has 0 unspecified atom stereocenters. The fraction of sp³-hybridized carbons (Fsp3) is 0.455. The monoisotopic (exact) mass is 322 g/mol. The average Bonchev–Trinajstić information content (AvgIpc) is 2.31. The zero-order valence-corrected chi connectivity index (χ0v) is 11.3. The maximum absolute atomic E-state index is 12.8. The topological polar surface area (TPSA) is 65.2 Å². The molecule has 7 heteroatoms. The maximum Gasteiger partial charge on any atom is 0.310 e. The second-order valence-corrected chi connectivity index (χ2v) is 4.25. The molecular weight excluding hydrogens is 310 g/mol. The van der Waals surface area contributed by atoms with Crippen molar-refractivity contribution in [1.82, 2.24) is 4.98 Å². The smallest absolute Gasteiger partial charge is 0.310 e. The summed E-state index contributed by atoms with van der Waals surface area (Å²) in [6.07, 6.45) is -2.82. The van der Waals surface area contributed by atoms with Crippen molar-refractivity contribution in [3.8, 4) is 0 Å². The lowest BCUT2D eigenvalue weighted by atomic mass is 10.1. The van der Waals surface area contributed by atoms with Crippen molar-refractivity contribution in [2.75, 3.05) is 6.61 Å². The normalized spacial score (nSPS) is 10.8. The van der Waals surface area contributed by atoms with Crippen LogP contribution in [0.1, 0.15) is 30.3 Å². The van der Waals surface area contributed by atoms with Crippen LogP contribution in [-0.4, -0.2) is 17.6 Å². The van der Waals surface area contributed by atoms with E-state index in [9.17, 15) is 13.6 Å². The van der Waals surface area contributed by atoms with Gasteiger partial charge in [-0.3, -0.25) is 4.79 Å². The molecule has 0 aliphatic rings. The largest absolute Gasteiger partial charge is 0.466 e. The second kappa shape index (κ2) is 6.75. The van der Waals surface area contributed by atoms with Gasteiger partial charge in [-0.2, -0.15) is 0 Å². The third-order valence-corrected chi connectivity index (χ3v) is 3.08. The van der Waals surface area contributed by atoms with Crippen LogP contribution in [0.4, 0.5) is 8.78 Å². The molecule has 0 saturated carbocycles. The van der Waals surface area contributed by atoms with Gasteiger partial charge in [0.2, 0.25) is 0 Å². The quantitative estimate of drug-likeness (QED) is 0.845. The van der Waals surface area contributed by atoms with E-state index in [2.05, 4.69) is 20.9 Å². The van der Waals surface area contributed by atoms with Crippen LogP contribution in [0.15, 0.2) is 10.5 Å². The Morgan fingerprint density at radius 3 is 2.78 bits per heavy atom. The molecule has 0 aromatic carbocycles. The Hall–Kier alpha value is -1.08. The Kier molecular flexibility index (Phi) is 5.61. The first kappa shape index (κ1) is 15.0. The van der Waals surface area contributed by atoms with E-state index in [-0.39, 0.29) is 24.0 Å². The third kappa shape index (κ3) is 3.71. The maximum atomic E-state index is 12.8. The third-order valence-electron chi connectivity index (χ3n) is 2.17. The van der Waals surface area contributed by atoms with E-state index in [0.717, 1.165) is 0 Å². The number of hydrogen-bond donors (Lipinski definition) is 1. The van der Waals surface area contributed by atoms with Crippen LogP contribution in [0.2, 0.25) is 0 Å². The molecule has 0 saturated heterocycles. The van der Waals surface area contributed by atoms with Crippen molar-refractivity contribution in [3.63, 3.8) is 0 Å². The summed E-state index contributed by atoms with van der Waals surface area (Å²) in [5, 5.41) is 0. The standard InChI is InChI=1S/C11H13BrF2N2O2/c1-2-18-8(17)4-6-3-7(5-15)16-10(9(6)12)11(13)14/h3,11H,2,4-5,15H2,1H3. The Labute approximate surface area is 112 Å². The van der Waals surface area contributed by atoms with Crippen LogP contribution in [-0.2, 0) is 22.5 Å². The molecule has 0 amide bonds. The zero-order valence-electron chi connectivity index (χ0n) is 9.75. The van der Waals surface area contributed by atoms with Crippen LogP contribution >= 0.6 is 15.9 Å². The number of rotatable bonds is 5. The van der Waals surface area contributed by atoms with E-state index in [1.807, 2.05) is 0 Å². The van der Waals surface area contributed by atoms with E-state index in [1.165, 1.54) is 6.07 Å². The Morgan fingerprint density at radius 1 is 1.61 bits per heavy atom. The molecule has 4 nitrogen and oxygen atoms in total. The van der Waals surface area contributed by atoms with Crippen LogP contribution in [0.3, 0.4) is 0 Å². The number of ether oxygens (including phenoxy) is 1. The molecule has 0 bridgehead atoms. The van der Waals surface area contributed by atoms with Crippen molar-refractivity contribution in [2.24, 2.45) is 5.73 Å². The van der Waals surface area contributed by atoms with Crippen LogP contribution in [0.25, 0.3) is 0 Å². The summed E-state index contributed by atoms with van der Waals surface area (Å²) in [7, 11) is 0. The van der Waals surface area contributed by atoms with Crippen LogP contribution in [0.5, 0.6) is 0 Å². The summed E-state index contributed by atoms with van der Waals surface area (Å²) in [5.74, 6) is -0.479. The van der Waals surface area contributed by atoms with Crippen molar-refractivity contribution in [3.05, 3.63) is 27.5 Å². The number of hydrogen-bond acceptors (Lipinski definition) is 4. The SMILES string of the molecule is CCOC(=O)Cc1cc(CN)nc(C(F)F)c1Br. The summed E-state index contributed by atoms with van der Waals surface area (Å²) in [6, 6.07) is 1.52. The van der Waals surface area contributed by atoms with Gasteiger partial charge < -0.3 is 10.5 Å². The minimum atomic E-state index is -2.73. The fourth-order valence-corrected chi connectivity index (χ4v) is 1.93. The summed E-state index contributed by atoms with van der Waals surface area (Å²) in [4.78, 5) is 15.1. The predicted octanol–water partition coefficient (Wildman–Crippen LogP) is 2.35. The number of esters is 1. The predicted molar refractivity (Wildman–Crippen MR) is 65.1 cm³/mol. The van der Waals surface area contributed by atoms with Crippen molar-refractivity contribution in [2.45, 2.75) is 26.3 Å². The first-order valence-corrected chi connectivity index (χ1v) is 6.10. The van der Waals surface area contributed by atoms with Gasteiger partial charge in [0.15, 0.2) is 0 Å². The molecule has 1 aromatic heterocycles. The number of nitrogens with zero attached hydrogens (tertiary/aromatic N) is 1. The van der Waals surface area contributed by atoms with Crippen molar-refractivity contribution < 1.29 is 18.3 Å². The molecule has 0 atom stereocenters. The van der Waals surface area contributed by atoms with E-state index >= 15 is 0 Å². The van der Waals surface area contributed by atoms with Crippen LogP contribution in [0, 0.1) is 0 Å². The summed E-state index contributed by atoms with van der Waals surface area (Å²) in [5.41, 5.74) is 5.70. The summed E-state index contributed by atoms with van der Waals surface area (Å²) in [6.45, 7) is 1.95. The molecule has 0 spiro atoms. The lowest BCUT2D eigenvalue weighted by molar-refractivity contribution is -0.142.